The van der Waals surface area contributed by atoms with E-state index in [4.69, 9.17) is 10.3 Å². The average Bonchev–Trinajstić information content (AvgIpc) is 2.61. The molecule has 0 radical (unpaired) electrons. The van der Waals surface area contributed by atoms with E-state index in [2.05, 4.69) is 30.9 Å². The lowest BCUT2D eigenvalue weighted by atomic mass is 10.1. The molecular formula is C11H21N3O. The minimum absolute atomic E-state index is 0.519. The van der Waals surface area contributed by atoms with E-state index in [0.29, 0.717) is 18.4 Å². The van der Waals surface area contributed by atoms with E-state index in [1.54, 1.807) is 0 Å². The van der Waals surface area contributed by atoms with Gasteiger partial charge in [0.25, 0.3) is 0 Å². The molecule has 0 spiro atoms. The Labute approximate surface area is 91.2 Å². The zero-order valence-electron chi connectivity index (χ0n) is 9.86. The molecule has 0 aromatic carbocycles. The monoisotopic (exact) mass is 211 g/mol. The Balaban J connectivity index is 2.39. The van der Waals surface area contributed by atoms with Gasteiger partial charge in [-0.1, -0.05) is 25.9 Å². The number of hydrogen-bond acceptors (Lipinski definition) is 4. The Hall–Kier alpha value is -0.900. The fourth-order valence-electron chi connectivity index (χ4n) is 1.33. The molecule has 1 unspecified atom stereocenters. The Morgan fingerprint density at radius 2 is 2.07 bits per heavy atom. The molecule has 0 aliphatic heterocycles. The van der Waals surface area contributed by atoms with Crippen molar-refractivity contribution in [3.63, 3.8) is 0 Å². The predicted octanol–water partition coefficient (Wildman–Crippen LogP) is 1.80. The SMILES string of the molecule is CC(C)Cc1noc(CCC(C)CN)n1. The minimum atomic E-state index is 0.519. The maximum atomic E-state index is 5.54. The smallest absolute Gasteiger partial charge is 0.226 e. The average molecular weight is 211 g/mol. The second-order valence-corrected chi connectivity index (χ2v) is 4.58. The third-order valence-electron chi connectivity index (χ3n) is 2.35. The van der Waals surface area contributed by atoms with Crippen molar-refractivity contribution in [2.45, 2.75) is 40.0 Å². The van der Waals surface area contributed by atoms with E-state index in [0.717, 1.165) is 31.0 Å². The summed E-state index contributed by atoms with van der Waals surface area (Å²) in [7, 11) is 0. The van der Waals surface area contributed by atoms with Crippen LogP contribution in [0.2, 0.25) is 0 Å². The first-order valence-electron chi connectivity index (χ1n) is 5.63. The highest BCUT2D eigenvalue weighted by Gasteiger charge is 2.09. The highest BCUT2D eigenvalue weighted by molar-refractivity contribution is 4.87. The molecule has 15 heavy (non-hydrogen) atoms. The fraction of sp³-hybridized carbons (Fsp3) is 0.818. The molecule has 1 rings (SSSR count). The van der Waals surface area contributed by atoms with Gasteiger partial charge in [-0.05, 0) is 24.8 Å². The first-order chi connectivity index (χ1) is 7.11. The molecule has 1 aromatic heterocycles. The Kier molecular flexibility index (Phi) is 4.75. The van der Waals surface area contributed by atoms with Crippen molar-refractivity contribution >= 4 is 0 Å². The van der Waals surface area contributed by atoms with Crippen LogP contribution in [0.5, 0.6) is 0 Å². The van der Waals surface area contributed by atoms with Crippen molar-refractivity contribution in [3.8, 4) is 0 Å². The summed E-state index contributed by atoms with van der Waals surface area (Å²) in [6.07, 6.45) is 2.74. The lowest BCUT2D eigenvalue weighted by Gasteiger charge is -2.04. The van der Waals surface area contributed by atoms with Gasteiger partial charge in [0.1, 0.15) is 0 Å². The quantitative estimate of drug-likeness (QED) is 0.779. The van der Waals surface area contributed by atoms with E-state index in [9.17, 15) is 0 Å². The highest BCUT2D eigenvalue weighted by atomic mass is 16.5. The van der Waals surface area contributed by atoms with Crippen LogP contribution in [-0.4, -0.2) is 16.7 Å². The zero-order valence-corrected chi connectivity index (χ0v) is 9.86. The molecule has 0 fully saturated rings. The van der Waals surface area contributed by atoms with Crippen molar-refractivity contribution < 1.29 is 4.52 Å². The largest absolute Gasteiger partial charge is 0.339 e. The van der Waals surface area contributed by atoms with Crippen LogP contribution in [0, 0.1) is 11.8 Å². The van der Waals surface area contributed by atoms with Crippen molar-refractivity contribution in [1.29, 1.82) is 0 Å². The van der Waals surface area contributed by atoms with Crippen LogP contribution >= 0.6 is 0 Å². The van der Waals surface area contributed by atoms with Gasteiger partial charge in [-0.3, -0.25) is 0 Å². The summed E-state index contributed by atoms with van der Waals surface area (Å²) in [4.78, 5) is 4.34. The van der Waals surface area contributed by atoms with Gasteiger partial charge in [0.2, 0.25) is 5.89 Å². The molecule has 2 N–H and O–H groups in total. The third-order valence-corrected chi connectivity index (χ3v) is 2.35. The number of nitrogens with zero attached hydrogens (tertiary/aromatic N) is 2. The summed E-state index contributed by atoms with van der Waals surface area (Å²) in [5, 5.41) is 3.94. The number of hydrogen-bond donors (Lipinski definition) is 1. The van der Waals surface area contributed by atoms with Crippen LogP contribution in [0.4, 0.5) is 0 Å². The second-order valence-electron chi connectivity index (χ2n) is 4.58. The van der Waals surface area contributed by atoms with Crippen LogP contribution in [0.15, 0.2) is 4.52 Å². The molecule has 4 heteroatoms. The first kappa shape index (κ1) is 12.2. The maximum absolute atomic E-state index is 5.54. The van der Waals surface area contributed by atoms with E-state index in [-0.39, 0.29) is 0 Å². The van der Waals surface area contributed by atoms with Crippen LogP contribution in [0.1, 0.15) is 38.9 Å². The first-order valence-corrected chi connectivity index (χ1v) is 5.63. The Morgan fingerprint density at radius 1 is 1.33 bits per heavy atom. The van der Waals surface area contributed by atoms with Crippen LogP contribution < -0.4 is 5.73 Å². The Bertz CT molecular complexity index is 283. The molecule has 0 bridgehead atoms. The standard InChI is InChI=1S/C11H21N3O/c1-8(2)6-10-13-11(15-14-10)5-4-9(3)7-12/h8-9H,4-7,12H2,1-3H3. The van der Waals surface area contributed by atoms with Crippen molar-refractivity contribution in [3.05, 3.63) is 11.7 Å². The Morgan fingerprint density at radius 3 is 2.67 bits per heavy atom. The third kappa shape index (κ3) is 4.42. The molecule has 0 saturated carbocycles. The molecule has 1 heterocycles. The second kappa shape index (κ2) is 5.85. The summed E-state index contributed by atoms with van der Waals surface area (Å²) in [6, 6.07) is 0. The van der Waals surface area contributed by atoms with Gasteiger partial charge < -0.3 is 10.3 Å². The van der Waals surface area contributed by atoms with Gasteiger partial charge in [0.15, 0.2) is 5.82 Å². The summed E-state index contributed by atoms with van der Waals surface area (Å²) in [6.45, 7) is 7.14. The van der Waals surface area contributed by atoms with Gasteiger partial charge in [-0.15, -0.1) is 0 Å². The van der Waals surface area contributed by atoms with Crippen molar-refractivity contribution in [1.82, 2.24) is 10.1 Å². The summed E-state index contributed by atoms with van der Waals surface area (Å²) < 4.78 is 5.16. The molecule has 4 nitrogen and oxygen atoms in total. The molecule has 0 saturated heterocycles. The number of aryl methyl sites for hydroxylation is 1. The lowest BCUT2D eigenvalue weighted by molar-refractivity contribution is 0.359. The van der Waals surface area contributed by atoms with Gasteiger partial charge in [0, 0.05) is 12.8 Å². The van der Waals surface area contributed by atoms with Gasteiger partial charge in [-0.2, -0.15) is 4.98 Å². The topological polar surface area (TPSA) is 64.9 Å². The molecule has 0 amide bonds. The van der Waals surface area contributed by atoms with Crippen molar-refractivity contribution in [2.24, 2.45) is 17.6 Å². The van der Waals surface area contributed by atoms with E-state index in [1.165, 1.54) is 0 Å². The molecule has 1 aromatic rings. The number of aromatic nitrogens is 2. The van der Waals surface area contributed by atoms with E-state index >= 15 is 0 Å². The van der Waals surface area contributed by atoms with Gasteiger partial charge >= 0.3 is 0 Å². The van der Waals surface area contributed by atoms with Crippen LogP contribution in [0.3, 0.4) is 0 Å². The molecular weight excluding hydrogens is 190 g/mol. The van der Waals surface area contributed by atoms with Crippen LogP contribution in [-0.2, 0) is 12.8 Å². The minimum Gasteiger partial charge on any atom is -0.339 e. The van der Waals surface area contributed by atoms with Crippen LogP contribution in [0.25, 0.3) is 0 Å². The molecule has 0 aliphatic rings. The van der Waals surface area contributed by atoms with E-state index < -0.39 is 0 Å². The normalized spacial score (nSPS) is 13.4. The lowest BCUT2D eigenvalue weighted by Crippen LogP contribution is -2.11. The summed E-state index contributed by atoms with van der Waals surface area (Å²) >= 11 is 0. The van der Waals surface area contributed by atoms with Gasteiger partial charge in [0.05, 0.1) is 0 Å². The van der Waals surface area contributed by atoms with Gasteiger partial charge in [-0.25, -0.2) is 0 Å². The predicted molar refractivity (Wildman–Crippen MR) is 59.4 cm³/mol. The van der Waals surface area contributed by atoms with Crippen molar-refractivity contribution in [2.75, 3.05) is 6.54 Å². The summed E-state index contributed by atoms with van der Waals surface area (Å²) in [5.41, 5.74) is 5.54. The molecule has 86 valence electrons. The maximum Gasteiger partial charge on any atom is 0.226 e. The highest BCUT2D eigenvalue weighted by Crippen LogP contribution is 2.09. The summed E-state index contributed by atoms with van der Waals surface area (Å²) in [5.74, 6) is 2.65. The zero-order chi connectivity index (χ0) is 11.3. The van der Waals surface area contributed by atoms with E-state index in [1.807, 2.05) is 0 Å². The molecule has 0 aliphatic carbocycles. The number of nitrogens with two attached hydrogens (primary N) is 1. The fourth-order valence-corrected chi connectivity index (χ4v) is 1.33. The molecule has 1 atom stereocenters. The number of rotatable bonds is 6.